The smallest absolute Gasteiger partial charge is 0.262 e. The number of carbonyl (C=O) groups is 1. The van der Waals surface area contributed by atoms with Gasteiger partial charge in [0.2, 0.25) is 0 Å². The normalized spacial score (nSPS) is 17.4. The average molecular weight is 382 g/mol. The zero-order valence-corrected chi connectivity index (χ0v) is 15.5. The quantitative estimate of drug-likeness (QED) is 0.635. The van der Waals surface area contributed by atoms with Crippen molar-refractivity contribution < 1.29 is 9.18 Å². The van der Waals surface area contributed by atoms with Crippen molar-refractivity contribution >= 4 is 28.4 Å². The van der Waals surface area contributed by atoms with Gasteiger partial charge in [0, 0.05) is 6.42 Å². The van der Waals surface area contributed by atoms with Gasteiger partial charge in [0.15, 0.2) is 5.16 Å². The van der Waals surface area contributed by atoms with Gasteiger partial charge in [-0.3, -0.25) is 14.2 Å². The summed E-state index contributed by atoms with van der Waals surface area (Å²) in [6.07, 6.45) is 3.35. The molecule has 27 heavy (non-hydrogen) atoms. The molecule has 1 heterocycles. The Bertz CT molecular complexity index is 1050. The lowest BCUT2D eigenvalue weighted by Crippen LogP contribution is -2.27. The first-order chi connectivity index (χ1) is 13.1. The van der Waals surface area contributed by atoms with Gasteiger partial charge in [-0.2, -0.15) is 0 Å². The van der Waals surface area contributed by atoms with Gasteiger partial charge in [-0.15, -0.1) is 0 Å². The lowest BCUT2D eigenvalue weighted by molar-refractivity contribution is -0.119. The Balaban J connectivity index is 1.78. The molecular formula is C21H19FN2O2S. The molecule has 0 aliphatic heterocycles. The van der Waals surface area contributed by atoms with Crippen LogP contribution >= 0.6 is 11.8 Å². The lowest BCUT2D eigenvalue weighted by atomic mass is 9.99. The molecule has 2 aromatic carbocycles. The minimum atomic E-state index is -0.315. The van der Waals surface area contributed by atoms with Gasteiger partial charge in [0.05, 0.1) is 22.7 Å². The van der Waals surface area contributed by atoms with Crippen LogP contribution in [0.3, 0.4) is 0 Å². The van der Waals surface area contributed by atoms with E-state index in [-0.39, 0.29) is 22.4 Å². The molecule has 0 unspecified atom stereocenters. The monoisotopic (exact) mass is 382 g/mol. The number of hydrogen-bond donors (Lipinski definition) is 0. The van der Waals surface area contributed by atoms with Gasteiger partial charge < -0.3 is 0 Å². The molecule has 1 fully saturated rings. The molecule has 1 aliphatic carbocycles. The van der Waals surface area contributed by atoms with Crippen molar-refractivity contribution in [2.75, 3.05) is 0 Å². The molecule has 1 saturated carbocycles. The molecule has 0 N–H and O–H groups in total. The van der Waals surface area contributed by atoms with E-state index >= 15 is 0 Å². The Morgan fingerprint density at radius 2 is 1.85 bits per heavy atom. The van der Waals surface area contributed by atoms with Crippen LogP contribution in [-0.2, 0) is 11.3 Å². The predicted octanol–water partition coefficient (Wildman–Crippen LogP) is 4.19. The fourth-order valence-corrected chi connectivity index (χ4v) is 4.57. The van der Waals surface area contributed by atoms with E-state index in [0.717, 1.165) is 24.8 Å². The Hall–Kier alpha value is -2.47. The minimum Gasteiger partial charge on any atom is -0.298 e. The molecule has 6 heteroatoms. The molecule has 0 amide bonds. The zero-order chi connectivity index (χ0) is 18.8. The van der Waals surface area contributed by atoms with E-state index in [1.165, 1.54) is 23.9 Å². The Kier molecular flexibility index (Phi) is 5.07. The van der Waals surface area contributed by atoms with Crippen molar-refractivity contribution in [1.29, 1.82) is 0 Å². The van der Waals surface area contributed by atoms with Gasteiger partial charge in [-0.25, -0.2) is 9.37 Å². The number of fused-ring (bicyclic) bond motifs is 1. The van der Waals surface area contributed by atoms with Crippen LogP contribution in [0.4, 0.5) is 4.39 Å². The number of hydrogen-bond acceptors (Lipinski definition) is 4. The summed E-state index contributed by atoms with van der Waals surface area (Å²) in [4.78, 5) is 30.0. The van der Waals surface area contributed by atoms with Gasteiger partial charge >= 0.3 is 0 Å². The van der Waals surface area contributed by atoms with Crippen LogP contribution in [0.2, 0.25) is 0 Å². The van der Waals surface area contributed by atoms with Crippen molar-refractivity contribution in [1.82, 2.24) is 9.55 Å². The largest absolute Gasteiger partial charge is 0.298 e. The average Bonchev–Trinajstić information content (AvgIpc) is 2.68. The Morgan fingerprint density at radius 3 is 2.63 bits per heavy atom. The molecule has 1 aromatic heterocycles. The van der Waals surface area contributed by atoms with Crippen molar-refractivity contribution in [3.05, 3.63) is 70.3 Å². The van der Waals surface area contributed by atoms with Gasteiger partial charge in [-0.1, -0.05) is 42.4 Å². The minimum absolute atomic E-state index is 0.143. The number of carbonyl (C=O) groups excluding carboxylic acids is 1. The maximum atomic E-state index is 13.2. The highest BCUT2D eigenvalue weighted by Gasteiger charge is 2.25. The summed E-state index contributed by atoms with van der Waals surface area (Å²) in [6.45, 7) is 0.292. The topological polar surface area (TPSA) is 52.0 Å². The molecule has 0 saturated heterocycles. The van der Waals surface area contributed by atoms with E-state index in [4.69, 9.17) is 0 Å². The van der Waals surface area contributed by atoms with Crippen LogP contribution in [0.5, 0.6) is 0 Å². The molecular weight excluding hydrogens is 363 g/mol. The Labute approximate surface area is 160 Å². The first-order valence-corrected chi connectivity index (χ1v) is 9.93. The molecule has 4 rings (SSSR count). The summed E-state index contributed by atoms with van der Waals surface area (Å²) >= 11 is 1.38. The maximum Gasteiger partial charge on any atom is 0.262 e. The standard InChI is InChI=1S/C21H19FN2O2S/c22-15-11-9-14(10-12-15)13-24-20(26)16-5-1-2-6-17(16)23-21(24)27-19-8-4-3-7-18(19)25/h1-2,5-6,9-12,19H,3-4,7-8,13H2/t19-/m1/s1. The molecule has 0 radical (unpaired) electrons. The van der Waals surface area contributed by atoms with Crippen LogP contribution in [0.25, 0.3) is 10.9 Å². The Morgan fingerprint density at radius 1 is 1.07 bits per heavy atom. The number of Topliss-reactive ketones (excluding diaryl/α,β-unsaturated/α-hetero) is 1. The summed E-state index contributed by atoms with van der Waals surface area (Å²) in [5.41, 5.74) is 1.30. The molecule has 4 nitrogen and oxygen atoms in total. The number of halogens is 1. The van der Waals surface area contributed by atoms with Crippen molar-refractivity contribution in [2.24, 2.45) is 0 Å². The van der Waals surface area contributed by atoms with Crippen LogP contribution in [0, 0.1) is 5.82 Å². The highest BCUT2D eigenvalue weighted by Crippen LogP contribution is 2.31. The predicted molar refractivity (Wildman–Crippen MR) is 105 cm³/mol. The van der Waals surface area contributed by atoms with E-state index < -0.39 is 0 Å². The summed E-state index contributed by atoms with van der Waals surface area (Å²) in [5, 5.41) is 0.925. The van der Waals surface area contributed by atoms with E-state index in [1.54, 1.807) is 22.8 Å². The second kappa shape index (κ2) is 7.64. The molecule has 1 aliphatic rings. The molecule has 138 valence electrons. The number of para-hydroxylation sites is 1. The lowest BCUT2D eigenvalue weighted by Gasteiger charge is -2.21. The third kappa shape index (κ3) is 3.81. The molecule has 0 bridgehead atoms. The molecule has 0 spiro atoms. The zero-order valence-electron chi connectivity index (χ0n) is 14.7. The summed E-state index contributed by atoms with van der Waals surface area (Å²) in [6, 6.07) is 13.3. The first kappa shape index (κ1) is 17.9. The second-order valence-electron chi connectivity index (χ2n) is 6.75. The highest BCUT2D eigenvalue weighted by molar-refractivity contribution is 8.00. The second-order valence-corrected chi connectivity index (χ2v) is 7.92. The van der Waals surface area contributed by atoms with Crippen LogP contribution in [0.15, 0.2) is 58.5 Å². The van der Waals surface area contributed by atoms with Gasteiger partial charge in [0.25, 0.3) is 5.56 Å². The van der Waals surface area contributed by atoms with Crippen LogP contribution in [0.1, 0.15) is 31.2 Å². The van der Waals surface area contributed by atoms with Crippen molar-refractivity contribution in [3.63, 3.8) is 0 Å². The van der Waals surface area contributed by atoms with E-state index in [9.17, 15) is 14.0 Å². The van der Waals surface area contributed by atoms with Crippen molar-refractivity contribution in [3.8, 4) is 0 Å². The maximum absolute atomic E-state index is 13.2. The van der Waals surface area contributed by atoms with E-state index in [2.05, 4.69) is 4.98 Å². The number of benzene rings is 2. The molecule has 3 aromatic rings. The fourth-order valence-electron chi connectivity index (χ4n) is 3.35. The van der Waals surface area contributed by atoms with Crippen molar-refractivity contribution in [2.45, 2.75) is 42.6 Å². The highest BCUT2D eigenvalue weighted by atomic mass is 32.2. The van der Waals surface area contributed by atoms with E-state index in [0.29, 0.717) is 29.0 Å². The number of rotatable bonds is 4. The van der Waals surface area contributed by atoms with Gasteiger partial charge in [0.1, 0.15) is 11.6 Å². The van der Waals surface area contributed by atoms with Gasteiger partial charge in [-0.05, 0) is 42.7 Å². The fraction of sp³-hybridized carbons (Fsp3) is 0.286. The summed E-state index contributed by atoms with van der Waals surface area (Å²) in [5.74, 6) is -0.0906. The molecule has 1 atom stereocenters. The SMILES string of the molecule is O=C1CCCC[C@H]1Sc1nc2ccccc2c(=O)n1Cc1ccc(F)cc1. The third-order valence-corrected chi connectivity index (χ3v) is 6.13. The van der Waals surface area contributed by atoms with E-state index in [1.807, 2.05) is 18.2 Å². The number of ketones is 1. The number of thioether (sulfide) groups is 1. The summed E-state index contributed by atoms with van der Waals surface area (Å²) in [7, 11) is 0. The number of aromatic nitrogens is 2. The summed E-state index contributed by atoms with van der Waals surface area (Å²) < 4.78 is 14.8. The third-order valence-electron chi connectivity index (χ3n) is 4.83. The van der Waals surface area contributed by atoms with Crippen LogP contribution < -0.4 is 5.56 Å². The number of nitrogens with zero attached hydrogens (tertiary/aromatic N) is 2. The van der Waals surface area contributed by atoms with Crippen LogP contribution in [-0.4, -0.2) is 20.6 Å². The first-order valence-electron chi connectivity index (χ1n) is 9.05.